The zero-order chi connectivity index (χ0) is 21.3. The van der Waals surface area contributed by atoms with Gasteiger partial charge in [-0.3, -0.25) is 14.8 Å². The van der Waals surface area contributed by atoms with Crippen molar-refractivity contribution in [3.63, 3.8) is 0 Å². The van der Waals surface area contributed by atoms with E-state index in [0.717, 1.165) is 5.56 Å². The molecule has 0 spiro atoms. The minimum absolute atomic E-state index is 0.247. The van der Waals surface area contributed by atoms with E-state index in [9.17, 15) is 14.1 Å². The summed E-state index contributed by atoms with van der Waals surface area (Å²) in [6.45, 7) is 8.87. The number of thiophene rings is 1. The summed E-state index contributed by atoms with van der Waals surface area (Å²) in [6, 6.07) is 6.84. The Kier molecular flexibility index (Phi) is 8.54. The van der Waals surface area contributed by atoms with Gasteiger partial charge in [0.05, 0.1) is 0 Å². The van der Waals surface area contributed by atoms with Crippen molar-refractivity contribution in [3.8, 4) is 11.8 Å². The van der Waals surface area contributed by atoms with Gasteiger partial charge in [0, 0.05) is 27.6 Å². The molecule has 1 aromatic carbocycles. The van der Waals surface area contributed by atoms with Crippen LogP contribution in [0.5, 0.6) is 0 Å². The van der Waals surface area contributed by atoms with E-state index < -0.39 is 28.7 Å². The molecule has 0 saturated carbocycles. The standard InChI is InChI=1S/C18H18FN3O3S.C2H4/c1-18(2,20)15(17(24)22(19)25)21-16(23)14-7-5-12(6-8-14)3-4-13-9-10-26-11-13;1-2/h5-11,15,25H,20H2,1-2H3,(H,21,23);1-2H2/t15-;/m1./s1. The summed E-state index contributed by atoms with van der Waals surface area (Å²) in [6.07, 6.45) is 0. The van der Waals surface area contributed by atoms with Gasteiger partial charge in [-0.2, -0.15) is 11.3 Å². The van der Waals surface area contributed by atoms with Gasteiger partial charge in [0.1, 0.15) is 6.04 Å². The van der Waals surface area contributed by atoms with E-state index in [0.29, 0.717) is 5.56 Å². The summed E-state index contributed by atoms with van der Waals surface area (Å²) >= 11 is 1.55. The van der Waals surface area contributed by atoms with Gasteiger partial charge < -0.3 is 11.1 Å². The van der Waals surface area contributed by atoms with Crippen molar-refractivity contribution in [1.29, 1.82) is 0 Å². The molecule has 2 aromatic rings. The van der Waals surface area contributed by atoms with Crippen LogP contribution in [-0.4, -0.2) is 33.9 Å². The molecule has 8 heteroatoms. The number of nitrogens with two attached hydrogens (primary N) is 1. The van der Waals surface area contributed by atoms with Crippen molar-refractivity contribution in [2.75, 3.05) is 0 Å². The first-order chi connectivity index (χ1) is 13.2. The highest BCUT2D eigenvalue weighted by atomic mass is 32.1. The van der Waals surface area contributed by atoms with Gasteiger partial charge >= 0.3 is 5.91 Å². The number of halogens is 1. The Hall–Kier alpha value is -2.99. The van der Waals surface area contributed by atoms with Crippen molar-refractivity contribution in [2.24, 2.45) is 5.73 Å². The molecule has 28 heavy (non-hydrogen) atoms. The fourth-order valence-corrected chi connectivity index (χ4v) is 2.66. The van der Waals surface area contributed by atoms with E-state index in [-0.39, 0.29) is 5.56 Å². The molecule has 0 bridgehead atoms. The first-order valence-corrected chi connectivity index (χ1v) is 9.05. The average molecular weight is 403 g/mol. The lowest BCUT2D eigenvalue weighted by Gasteiger charge is -2.29. The molecule has 148 valence electrons. The minimum atomic E-state index is -1.44. The third-order valence-electron chi connectivity index (χ3n) is 3.47. The van der Waals surface area contributed by atoms with Gasteiger partial charge in [0.25, 0.3) is 5.91 Å². The molecule has 0 unspecified atom stereocenters. The Balaban J connectivity index is 0.00000190. The van der Waals surface area contributed by atoms with Crippen LogP contribution in [0.15, 0.2) is 54.2 Å². The largest absolute Gasteiger partial charge is 0.338 e. The Morgan fingerprint density at radius 2 is 1.79 bits per heavy atom. The molecule has 0 aliphatic rings. The number of hydrogen-bond donors (Lipinski definition) is 3. The fourth-order valence-electron chi connectivity index (χ4n) is 2.07. The quantitative estimate of drug-likeness (QED) is 0.240. The minimum Gasteiger partial charge on any atom is -0.338 e. The first-order valence-electron chi connectivity index (χ1n) is 8.11. The van der Waals surface area contributed by atoms with Gasteiger partial charge in [-0.15, -0.1) is 13.2 Å². The van der Waals surface area contributed by atoms with Crippen molar-refractivity contribution in [2.45, 2.75) is 25.4 Å². The van der Waals surface area contributed by atoms with Crippen LogP contribution in [0.2, 0.25) is 0 Å². The Bertz CT molecular complexity index is 848. The fraction of sp³-hybridized carbons (Fsp3) is 0.200. The molecule has 6 nitrogen and oxygen atoms in total. The monoisotopic (exact) mass is 403 g/mol. The molecule has 0 radical (unpaired) electrons. The van der Waals surface area contributed by atoms with E-state index in [1.165, 1.54) is 26.0 Å². The number of nitrogens with zero attached hydrogens (tertiary/aromatic N) is 1. The van der Waals surface area contributed by atoms with Crippen molar-refractivity contribution >= 4 is 23.2 Å². The molecule has 2 rings (SSSR count). The summed E-state index contributed by atoms with van der Waals surface area (Å²) in [4.78, 5) is 24.0. The van der Waals surface area contributed by atoms with Crippen LogP contribution in [-0.2, 0) is 4.79 Å². The summed E-state index contributed by atoms with van der Waals surface area (Å²) in [5, 5.41) is 13.8. The van der Waals surface area contributed by atoms with Crippen LogP contribution in [0, 0.1) is 11.8 Å². The number of carbonyl (C=O) groups excluding carboxylic acids is 2. The smallest absolute Gasteiger partial charge is 0.302 e. The Morgan fingerprint density at radius 1 is 1.21 bits per heavy atom. The summed E-state index contributed by atoms with van der Waals surface area (Å²) in [5.41, 5.74) is 6.38. The molecule has 4 N–H and O–H groups in total. The van der Waals surface area contributed by atoms with Crippen molar-refractivity contribution in [3.05, 3.63) is 70.9 Å². The highest BCUT2D eigenvalue weighted by Crippen LogP contribution is 2.11. The second-order valence-corrected chi connectivity index (χ2v) is 6.95. The molecule has 1 heterocycles. The number of carbonyl (C=O) groups is 2. The van der Waals surface area contributed by atoms with E-state index in [2.05, 4.69) is 30.3 Å². The Morgan fingerprint density at radius 3 is 2.25 bits per heavy atom. The third kappa shape index (κ3) is 6.63. The number of nitrogens with one attached hydrogen (secondary N) is 1. The zero-order valence-electron chi connectivity index (χ0n) is 15.6. The molecular weight excluding hydrogens is 381 g/mol. The van der Waals surface area contributed by atoms with Crippen LogP contribution in [0.4, 0.5) is 4.48 Å². The highest BCUT2D eigenvalue weighted by Gasteiger charge is 2.36. The predicted molar refractivity (Wildman–Crippen MR) is 107 cm³/mol. The van der Waals surface area contributed by atoms with Gasteiger partial charge in [0.2, 0.25) is 0 Å². The zero-order valence-corrected chi connectivity index (χ0v) is 16.4. The normalized spacial score (nSPS) is 11.2. The van der Waals surface area contributed by atoms with E-state index in [1.54, 1.807) is 23.5 Å². The summed E-state index contributed by atoms with van der Waals surface area (Å²) < 4.78 is 12.8. The van der Waals surface area contributed by atoms with Crippen molar-refractivity contribution in [1.82, 2.24) is 10.6 Å². The second kappa shape index (κ2) is 10.4. The predicted octanol–water partition coefficient (Wildman–Crippen LogP) is 2.89. The van der Waals surface area contributed by atoms with Crippen LogP contribution < -0.4 is 11.1 Å². The van der Waals surface area contributed by atoms with Gasteiger partial charge in [0.15, 0.2) is 0 Å². The molecule has 1 aromatic heterocycles. The lowest BCUT2D eigenvalue weighted by Crippen LogP contribution is -2.61. The van der Waals surface area contributed by atoms with Crippen LogP contribution in [0.25, 0.3) is 0 Å². The number of amides is 2. The van der Waals surface area contributed by atoms with E-state index in [4.69, 9.17) is 10.9 Å². The van der Waals surface area contributed by atoms with Crippen LogP contribution in [0.3, 0.4) is 0 Å². The number of benzene rings is 1. The maximum Gasteiger partial charge on any atom is 0.302 e. The van der Waals surface area contributed by atoms with Crippen LogP contribution >= 0.6 is 11.3 Å². The summed E-state index contributed by atoms with van der Waals surface area (Å²) in [5.74, 6) is 3.98. The molecule has 0 saturated heterocycles. The number of hydroxylamine groups is 1. The summed E-state index contributed by atoms with van der Waals surface area (Å²) in [7, 11) is 0. The van der Waals surface area contributed by atoms with Gasteiger partial charge in [-0.05, 0) is 54.8 Å². The maximum absolute atomic E-state index is 12.8. The molecule has 0 aliphatic carbocycles. The average Bonchev–Trinajstić information content (AvgIpc) is 3.18. The third-order valence-corrected chi connectivity index (χ3v) is 4.15. The van der Waals surface area contributed by atoms with Gasteiger partial charge in [-0.1, -0.05) is 16.3 Å². The van der Waals surface area contributed by atoms with Crippen molar-refractivity contribution < 1.29 is 19.3 Å². The van der Waals surface area contributed by atoms with Crippen LogP contribution in [0.1, 0.15) is 35.3 Å². The number of rotatable bonds is 4. The second-order valence-electron chi connectivity index (χ2n) is 6.17. The topological polar surface area (TPSA) is 95.7 Å². The highest BCUT2D eigenvalue weighted by molar-refractivity contribution is 7.08. The molecule has 1 atom stereocenters. The lowest BCUT2D eigenvalue weighted by atomic mass is 9.95. The Labute approximate surface area is 167 Å². The molecule has 0 aliphatic heterocycles. The maximum atomic E-state index is 12.8. The molecule has 0 fully saturated rings. The van der Waals surface area contributed by atoms with E-state index >= 15 is 0 Å². The van der Waals surface area contributed by atoms with Gasteiger partial charge in [-0.25, -0.2) is 0 Å². The first kappa shape index (κ1) is 23.0. The number of hydrogen-bond acceptors (Lipinski definition) is 5. The van der Waals surface area contributed by atoms with E-state index in [1.807, 2.05) is 16.8 Å². The molecular formula is C20H22FN3O3S. The SMILES string of the molecule is C=C.CC(C)(N)[C@H](NC(=O)c1ccc(C#Cc2ccsc2)cc1)C(=O)N(O)F. The molecule has 2 amide bonds. The lowest BCUT2D eigenvalue weighted by molar-refractivity contribution is -0.234.